The lowest BCUT2D eigenvalue weighted by atomic mass is 9.88. The van der Waals surface area contributed by atoms with E-state index in [-0.39, 0.29) is 11.8 Å². The molecule has 0 aliphatic heterocycles. The third-order valence-electron chi connectivity index (χ3n) is 3.54. The third kappa shape index (κ3) is 2.78. The Bertz CT molecular complexity index is 397. The van der Waals surface area contributed by atoms with Crippen molar-refractivity contribution in [1.29, 1.82) is 0 Å². The Labute approximate surface area is 103 Å². The van der Waals surface area contributed by atoms with Gasteiger partial charge in [0.25, 0.3) is 0 Å². The molecule has 92 valence electrons. The molecule has 0 saturated heterocycles. The van der Waals surface area contributed by atoms with Crippen molar-refractivity contribution in [2.24, 2.45) is 5.92 Å². The van der Waals surface area contributed by atoms with Crippen LogP contribution in [0.2, 0.25) is 0 Å². The first kappa shape index (κ1) is 12.0. The van der Waals surface area contributed by atoms with Gasteiger partial charge in [-0.1, -0.05) is 25.3 Å². The van der Waals surface area contributed by atoms with Crippen molar-refractivity contribution in [2.75, 3.05) is 17.7 Å². The van der Waals surface area contributed by atoms with Crippen LogP contribution in [0.25, 0.3) is 0 Å². The summed E-state index contributed by atoms with van der Waals surface area (Å²) in [5.74, 6) is 0.436. The molecule has 1 aromatic carbocycles. The normalized spacial score (nSPS) is 16.8. The van der Waals surface area contributed by atoms with Crippen molar-refractivity contribution in [2.45, 2.75) is 32.1 Å². The lowest BCUT2D eigenvalue weighted by molar-refractivity contribution is -0.123. The topological polar surface area (TPSA) is 46.3 Å². The maximum Gasteiger partial charge on any atom is 0.229 e. The molecule has 2 N–H and O–H groups in total. The molecule has 1 aliphatic carbocycles. The molecule has 0 aromatic heterocycles. The van der Waals surface area contributed by atoms with Crippen molar-refractivity contribution in [3.8, 4) is 0 Å². The number of hydrogen-bond donors (Lipinski definition) is 1. The summed E-state index contributed by atoms with van der Waals surface area (Å²) >= 11 is 0. The van der Waals surface area contributed by atoms with Gasteiger partial charge < -0.3 is 10.6 Å². The van der Waals surface area contributed by atoms with E-state index in [4.69, 9.17) is 5.73 Å². The second-order valence-corrected chi connectivity index (χ2v) is 4.83. The summed E-state index contributed by atoms with van der Waals surface area (Å²) in [6.07, 6.45) is 5.70. The zero-order valence-electron chi connectivity index (χ0n) is 10.4. The zero-order valence-corrected chi connectivity index (χ0v) is 10.4. The number of anilines is 2. The lowest BCUT2D eigenvalue weighted by Gasteiger charge is -2.26. The highest BCUT2D eigenvalue weighted by Crippen LogP contribution is 2.27. The minimum Gasteiger partial charge on any atom is -0.399 e. The van der Waals surface area contributed by atoms with Gasteiger partial charge in [0.2, 0.25) is 5.91 Å². The molecule has 3 heteroatoms. The number of nitrogens with two attached hydrogens (primary N) is 1. The average molecular weight is 232 g/mol. The van der Waals surface area contributed by atoms with Crippen molar-refractivity contribution < 1.29 is 4.79 Å². The van der Waals surface area contributed by atoms with E-state index in [1.165, 1.54) is 19.3 Å². The molecule has 0 radical (unpaired) electrons. The van der Waals surface area contributed by atoms with E-state index in [0.717, 1.165) is 18.5 Å². The maximum absolute atomic E-state index is 12.3. The number of carbonyl (C=O) groups is 1. The quantitative estimate of drug-likeness (QED) is 0.797. The molecule has 0 unspecified atom stereocenters. The predicted molar refractivity (Wildman–Crippen MR) is 70.8 cm³/mol. The average Bonchev–Trinajstić information content (AvgIpc) is 2.38. The molecule has 2 rings (SSSR count). The fourth-order valence-corrected chi connectivity index (χ4v) is 2.48. The van der Waals surface area contributed by atoms with E-state index < -0.39 is 0 Å². The fourth-order valence-electron chi connectivity index (χ4n) is 2.48. The number of benzene rings is 1. The number of nitrogens with zero attached hydrogens (tertiary/aromatic N) is 1. The standard InChI is InChI=1S/C14H20N2O/c1-16(13-9-5-8-12(15)10-13)14(17)11-6-3-2-4-7-11/h5,8-11H,2-4,6-7,15H2,1H3. The molecule has 1 amide bonds. The molecule has 1 aliphatic rings. The van der Waals surface area contributed by atoms with E-state index in [1.54, 1.807) is 4.90 Å². The van der Waals surface area contributed by atoms with Crippen LogP contribution in [0.1, 0.15) is 32.1 Å². The third-order valence-corrected chi connectivity index (χ3v) is 3.54. The summed E-state index contributed by atoms with van der Waals surface area (Å²) in [5.41, 5.74) is 7.33. The van der Waals surface area contributed by atoms with Crippen molar-refractivity contribution >= 4 is 17.3 Å². The van der Waals surface area contributed by atoms with Gasteiger partial charge in [0.15, 0.2) is 0 Å². The number of nitrogen functional groups attached to an aromatic ring is 1. The van der Waals surface area contributed by atoms with E-state index in [0.29, 0.717) is 5.69 Å². The molecule has 0 atom stereocenters. The highest BCUT2D eigenvalue weighted by atomic mass is 16.2. The monoisotopic (exact) mass is 232 g/mol. The lowest BCUT2D eigenvalue weighted by Crippen LogP contribution is -2.33. The SMILES string of the molecule is CN(C(=O)C1CCCCC1)c1cccc(N)c1. The van der Waals surface area contributed by atoms with Crippen LogP contribution in [-0.4, -0.2) is 13.0 Å². The Balaban J connectivity index is 2.08. The fraction of sp³-hybridized carbons (Fsp3) is 0.500. The van der Waals surface area contributed by atoms with Crippen LogP contribution < -0.4 is 10.6 Å². The Kier molecular flexibility index (Phi) is 3.67. The molecule has 1 aromatic rings. The Morgan fingerprint density at radius 3 is 2.65 bits per heavy atom. The first-order valence-corrected chi connectivity index (χ1v) is 6.31. The molecule has 17 heavy (non-hydrogen) atoms. The van der Waals surface area contributed by atoms with Gasteiger partial charge in [-0.2, -0.15) is 0 Å². The predicted octanol–water partition coefficient (Wildman–Crippen LogP) is 2.81. The van der Waals surface area contributed by atoms with Crippen LogP contribution in [0.3, 0.4) is 0 Å². The summed E-state index contributed by atoms with van der Waals surface area (Å²) in [5, 5.41) is 0. The van der Waals surface area contributed by atoms with Gasteiger partial charge in [-0.3, -0.25) is 4.79 Å². The summed E-state index contributed by atoms with van der Waals surface area (Å²) in [6.45, 7) is 0. The van der Waals surface area contributed by atoms with Crippen LogP contribution in [0.4, 0.5) is 11.4 Å². The largest absolute Gasteiger partial charge is 0.399 e. The first-order valence-electron chi connectivity index (χ1n) is 6.31. The summed E-state index contributed by atoms with van der Waals surface area (Å²) in [6, 6.07) is 7.50. The van der Waals surface area contributed by atoms with E-state index >= 15 is 0 Å². The van der Waals surface area contributed by atoms with Gasteiger partial charge in [0.1, 0.15) is 0 Å². The van der Waals surface area contributed by atoms with Crippen LogP contribution >= 0.6 is 0 Å². The molecular formula is C14H20N2O. The molecule has 0 heterocycles. The smallest absolute Gasteiger partial charge is 0.229 e. The molecule has 1 saturated carbocycles. The van der Waals surface area contributed by atoms with Crippen LogP contribution in [0, 0.1) is 5.92 Å². The zero-order chi connectivity index (χ0) is 12.3. The van der Waals surface area contributed by atoms with Crippen molar-refractivity contribution in [1.82, 2.24) is 0 Å². The molecule has 0 spiro atoms. The van der Waals surface area contributed by atoms with Gasteiger partial charge >= 0.3 is 0 Å². The van der Waals surface area contributed by atoms with Crippen LogP contribution in [-0.2, 0) is 4.79 Å². The second-order valence-electron chi connectivity index (χ2n) is 4.83. The first-order chi connectivity index (χ1) is 8.18. The second kappa shape index (κ2) is 5.21. The number of amides is 1. The summed E-state index contributed by atoms with van der Waals surface area (Å²) < 4.78 is 0. The Morgan fingerprint density at radius 2 is 2.00 bits per heavy atom. The minimum absolute atomic E-state index is 0.204. The number of carbonyl (C=O) groups excluding carboxylic acids is 1. The van der Waals surface area contributed by atoms with Gasteiger partial charge in [-0.25, -0.2) is 0 Å². The van der Waals surface area contributed by atoms with E-state index in [1.807, 2.05) is 31.3 Å². The van der Waals surface area contributed by atoms with Crippen LogP contribution in [0.5, 0.6) is 0 Å². The highest BCUT2D eigenvalue weighted by Gasteiger charge is 2.24. The summed E-state index contributed by atoms with van der Waals surface area (Å²) in [7, 11) is 1.84. The minimum atomic E-state index is 0.204. The Morgan fingerprint density at radius 1 is 1.29 bits per heavy atom. The van der Waals surface area contributed by atoms with E-state index in [9.17, 15) is 4.79 Å². The van der Waals surface area contributed by atoms with E-state index in [2.05, 4.69) is 0 Å². The number of rotatable bonds is 2. The van der Waals surface area contributed by atoms with Gasteiger partial charge in [0.05, 0.1) is 0 Å². The summed E-state index contributed by atoms with van der Waals surface area (Å²) in [4.78, 5) is 14.0. The molecular weight excluding hydrogens is 212 g/mol. The molecule has 3 nitrogen and oxygen atoms in total. The van der Waals surface area contributed by atoms with Gasteiger partial charge in [-0.15, -0.1) is 0 Å². The maximum atomic E-state index is 12.3. The number of hydrogen-bond acceptors (Lipinski definition) is 2. The van der Waals surface area contributed by atoms with Crippen LogP contribution in [0.15, 0.2) is 24.3 Å². The van der Waals surface area contributed by atoms with Gasteiger partial charge in [0, 0.05) is 24.3 Å². The molecule has 0 bridgehead atoms. The molecule has 1 fully saturated rings. The van der Waals surface area contributed by atoms with Crippen molar-refractivity contribution in [3.05, 3.63) is 24.3 Å². The van der Waals surface area contributed by atoms with Crippen molar-refractivity contribution in [3.63, 3.8) is 0 Å². The van der Waals surface area contributed by atoms with Gasteiger partial charge in [-0.05, 0) is 31.0 Å². The Hall–Kier alpha value is -1.51. The highest BCUT2D eigenvalue weighted by molar-refractivity contribution is 5.94.